The molecule has 0 spiro atoms. The third kappa shape index (κ3) is 3.90. The third-order valence-corrected chi connectivity index (χ3v) is 3.94. The minimum atomic E-state index is 0.442. The summed E-state index contributed by atoms with van der Waals surface area (Å²) < 4.78 is 5.48. The Morgan fingerprint density at radius 3 is 3.06 bits per heavy atom. The molecule has 0 radical (unpaired) electrons. The van der Waals surface area contributed by atoms with Crippen LogP contribution in [0.15, 0.2) is 29.2 Å². The number of thioether (sulfide) groups is 1. The van der Waals surface area contributed by atoms with Gasteiger partial charge in [-0.3, -0.25) is 0 Å². The predicted molar refractivity (Wildman–Crippen MR) is 78.5 cm³/mol. The second-order valence-electron chi connectivity index (χ2n) is 4.71. The topological polar surface area (TPSA) is 33.3 Å². The van der Waals surface area contributed by atoms with E-state index in [4.69, 9.17) is 4.74 Å². The van der Waals surface area contributed by atoms with Crippen LogP contribution in [0.1, 0.15) is 13.3 Å². The van der Waals surface area contributed by atoms with Crippen molar-refractivity contribution < 1.29 is 4.74 Å². The van der Waals surface area contributed by atoms with Crippen molar-refractivity contribution in [3.8, 4) is 0 Å². The zero-order valence-electron chi connectivity index (χ0n) is 11.1. The quantitative estimate of drug-likeness (QED) is 0.803. The van der Waals surface area contributed by atoms with Crippen molar-refractivity contribution in [3.63, 3.8) is 0 Å². The fourth-order valence-electron chi connectivity index (χ4n) is 2.29. The first-order chi connectivity index (χ1) is 8.79. The number of benzene rings is 1. The number of para-hydroxylation sites is 1. The third-order valence-electron chi connectivity index (χ3n) is 3.15. The lowest BCUT2D eigenvalue weighted by Gasteiger charge is -2.27. The standard InChI is InChI=1S/C14H22N2OS/c1-11(9-12-10-17-8-7-15-12)16-13-5-3-4-6-14(13)18-2/h3-6,11-12,15-16H,7-10H2,1-2H3. The second kappa shape index (κ2) is 7.02. The summed E-state index contributed by atoms with van der Waals surface area (Å²) >= 11 is 1.78. The Bertz CT molecular complexity index is 367. The van der Waals surface area contributed by atoms with Gasteiger partial charge in [0, 0.05) is 29.2 Å². The SMILES string of the molecule is CSc1ccccc1NC(C)CC1COCCN1. The lowest BCUT2D eigenvalue weighted by atomic mass is 10.1. The van der Waals surface area contributed by atoms with E-state index in [0.29, 0.717) is 12.1 Å². The van der Waals surface area contributed by atoms with Gasteiger partial charge in [0.15, 0.2) is 0 Å². The van der Waals surface area contributed by atoms with Crippen LogP contribution in [0.25, 0.3) is 0 Å². The molecule has 4 heteroatoms. The summed E-state index contributed by atoms with van der Waals surface area (Å²) in [5.74, 6) is 0. The fourth-order valence-corrected chi connectivity index (χ4v) is 2.85. The van der Waals surface area contributed by atoms with E-state index in [0.717, 1.165) is 26.2 Å². The Labute approximate surface area is 114 Å². The van der Waals surface area contributed by atoms with E-state index in [-0.39, 0.29) is 0 Å². The summed E-state index contributed by atoms with van der Waals surface area (Å²) in [5.41, 5.74) is 1.23. The average Bonchev–Trinajstić information content (AvgIpc) is 2.40. The van der Waals surface area contributed by atoms with Crippen molar-refractivity contribution in [1.82, 2.24) is 5.32 Å². The van der Waals surface area contributed by atoms with Crippen LogP contribution in [-0.2, 0) is 4.74 Å². The summed E-state index contributed by atoms with van der Waals surface area (Å²) in [6, 6.07) is 9.38. The Balaban J connectivity index is 1.87. The Hall–Kier alpha value is -0.710. The monoisotopic (exact) mass is 266 g/mol. The Kier molecular flexibility index (Phi) is 5.35. The van der Waals surface area contributed by atoms with Gasteiger partial charge < -0.3 is 15.4 Å². The van der Waals surface area contributed by atoms with Crippen LogP contribution in [0, 0.1) is 0 Å². The molecule has 1 heterocycles. The summed E-state index contributed by atoms with van der Waals surface area (Å²) in [4.78, 5) is 1.30. The number of hydrogen-bond acceptors (Lipinski definition) is 4. The summed E-state index contributed by atoms with van der Waals surface area (Å²) in [6.07, 6.45) is 3.20. The van der Waals surface area contributed by atoms with Gasteiger partial charge in [-0.05, 0) is 31.7 Å². The van der Waals surface area contributed by atoms with Crippen LogP contribution in [0.2, 0.25) is 0 Å². The number of rotatable bonds is 5. The molecule has 100 valence electrons. The Morgan fingerprint density at radius 2 is 2.33 bits per heavy atom. The Morgan fingerprint density at radius 1 is 1.50 bits per heavy atom. The van der Waals surface area contributed by atoms with Gasteiger partial charge in [0.2, 0.25) is 0 Å². The number of morpholine rings is 1. The van der Waals surface area contributed by atoms with Crippen LogP contribution in [-0.4, -0.2) is 38.1 Å². The molecule has 2 rings (SSSR count). The van der Waals surface area contributed by atoms with Gasteiger partial charge in [0.1, 0.15) is 0 Å². The van der Waals surface area contributed by atoms with Crippen LogP contribution in [0.5, 0.6) is 0 Å². The molecule has 1 saturated heterocycles. The van der Waals surface area contributed by atoms with Gasteiger partial charge in [-0.25, -0.2) is 0 Å². The van der Waals surface area contributed by atoms with Gasteiger partial charge in [0.05, 0.1) is 13.2 Å². The van der Waals surface area contributed by atoms with Crippen molar-refractivity contribution in [2.24, 2.45) is 0 Å². The van der Waals surface area contributed by atoms with Crippen molar-refractivity contribution in [2.45, 2.75) is 30.3 Å². The van der Waals surface area contributed by atoms with E-state index in [1.807, 2.05) is 0 Å². The molecule has 2 unspecified atom stereocenters. The number of hydrogen-bond donors (Lipinski definition) is 2. The largest absolute Gasteiger partial charge is 0.382 e. The molecular formula is C14H22N2OS. The van der Waals surface area contributed by atoms with Crippen molar-refractivity contribution in [1.29, 1.82) is 0 Å². The molecule has 0 bridgehead atoms. The molecule has 0 saturated carbocycles. The molecule has 0 aromatic heterocycles. The smallest absolute Gasteiger partial charge is 0.0621 e. The van der Waals surface area contributed by atoms with Gasteiger partial charge in [-0.2, -0.15) is 0 Å². The molecule has 1 aliphatic heterocycles. The minimum absolute atomic E-state index is 0.442. The second-order valence-corrected chi connectivity index (χ2v) is 5.56. The molecule has 3 nitrogen and oxygen atoms in total. The van der Waals surface area contributed by atoms with E-state index in [2.05, 4.69) is 48.1 Å². The highest BCUT2D eigenvalue weighted by Crippen LogP contribution is 2.25. The van der Waals surface area contributed by atoms with Crippen molar-refractivity contribution in [3.05, 3.63) is 24.3 Å². The average molecular weight is 266 g/mol. The molecule has 0 amide bonds. The minimum Gasteiger partial charge on any atom is -0.382 e. The van der Waals surface area contributed by atoms with Crippen molar-refractivity contribution in [2.75, 3.05) is 31.3 Å². The van der Waals surface area contributed by atoms with E-state index in [1.54, 1.807) is 11.8 Å². The summed E-state index contributed by atoms with van der Waals surface area (Å²) in [5, 5.41) is 7.09. The molecule has 0 aliphatic carbocycles. The molecule has 1 aromatic carbocycles. The lowest BCUT2D eigenvalue weighted by molar-refractivity contribution is 0.0731. The van der Waals surface area contributed by atoms with Crippen LogP contribution >= 0.6 is 11.8 Å². The lowest BCUT2D eigenvalue weighted by Crippen LogP contribution is -2.43. The highest BCUT2D eigenvalue weighted by Gasteiger charge is 2.16. The van der Waals surface area contributed by atoms with Crippen LogP contribution < -0.4 is 10.6 Å². The number of ether oxygens (including phenoxy) is 1. The fraction of sp³-hybridized carbons (Fsp3) is 0.571. The zero-order valence-corrected chi connectivity index (χ0v) is 11.9. The predicted octanol–water partition coefficient (Wildman–Crippen LogP) is 2.59. The van der Waals surface area contributed by atoms with E-state index < -0.39 is 0 Å². The molecule has 18 heavy (non-hydrogen) atoms. The van der Waals surface area contributed by atoms with E-state index in [9.17, 15) is 0 Å². The molecular weight excluding hydrogens is 244 g/mol. The number of anilines is 1. The maximum Gasteiger partial charge on any atom is 0.0621 e. The normalized spacial score (nSPS) is 21.6. The van der Waals surface area contributed by atoms with E-state index in [1.165, 1.54) is 10.6 Å². The van der Waals surface area contributed by atoms with E-state index >= 15 is 0 Å². The maximum absolute atomic E-state index is 5.48. The molecule has 2 atom stereocenters. The van der Waals surface area contributed by atoms with Gasteiger partial charge >= 0.3 is 0 Å². The molecule has 1 fully saturated rings. The van der Waals surface area contributed by atoms with Crippen LogP contribution in [0.3, 0.4) is 0 Å². The number of nitrogens with one attached hydrogen (secondary N) is 2. The highest BCUT2D eigenvalue weighted by atomic mass is 32.2. The first kappa shape index (κ1) is 13.7. The first-order valence-corrected chi connectivity index (χ1v) is 7.72. The maximum atomic E-state index is 5.48. The van der Waals surface area contributed by atoms with Crippen LogP contribution in [0.4, 0.5) is 5.69 Å². The molecule has 1 aliphatic rings. The summed E-state index contributed by atoms with van der Waals surface area (Å²) in [7, 11) is 0. The molecule has 2 N–H and O–H groups in total. The van der Waals surface area contributed by atoms with Crippen molar-refractivity contribution >= 4 is 17.4 Å². The zero-order chi connectivity index (χ0) is 12.8. The van der Waals surface area contributed by atoms with Gasteiger partial charge in [-0.1, -0.05) is 12.1 Å². The van der Waals surface area contributed by atoms with Gasteiger partial charge in [0.25, 0.3) is 0 Å². The summed E-state index contributed by atoms with van der Waals surface area (Å²) in [6.45, 7) is 4.87. The molecule has 1 aromatic rings. The first-order valence-electron chi connectivity index (χ1n) is 6.50. The highest BCUT2D eigenvalue weighted by molar-refractivity contribution is 7.98. The van der Waals surface area contributed by atoms with Gasteiger partial charge in [-0.15, -0.1) is 11.8 Å².